The number of halogens is 1. The normalized spacial score (nSPS) is 24.9. The molecule has 2 aliphatic carbocycles. The number of anilines is 1. The van der Waals surface area contributed by atoms with Crippen LogP contribution in [-0.4, -0.2) is 64.4 Å². The largest absolute Gasteiger partial charge is 0.478 e. The number of nitriles is 1. The fraction of sp³-hybridized carbons (Fsp3) is 0.414. The number of carboxylic acid groups (broad SMARTS) is 2. The summed E-state index contributed by atoms with van der Waals surface area (Å²) in [6.07, 6.45) is 6.31. The van der Waals surface area contributed by atoms with Crippen LogP contribution in [0.1, 0.15) is 54.9 Å². The lowest BCUT2D eigenvalue weighted by molar-refractivity contribution is -0.134. The number of hydrogen-bond donors (Lipinski definition) is 3. The Labute approximate surface area is 221 Å². The summed E-state index contributed by atoms with van der Waals surface area (Å²) in [5, 5.41) is 35.1. The Bertz CT molecular complexity index is 1230. The average Bonchev–Trinajstić information content (AvgIpc) is 3.19. The maximum absolute atomic E-state index is 14.0. The van der Waals surface area contributed by atoms with Crippen LogP contribution in [0.2, 0.25) is 0 Å². The molecule has 2 aromatic carbocycles. The number of nitrogens with zero attached hydrogens (tertiary/aromatic N) is 3. The Morgan fingerprint density at radius 1 is 1.00 bits per heavy atom. The van der Waals surface area contributed by atoms with Crippen molar-refractivity contribution in [2.24, 2.45) is 0 Å². The van der Waals surface area contributed by atoms with Crippen LogP contribution < -0.4 is 4.90 Å². The van der Waals surface area contributed by atoms with E-state index in [0.29, 0.717) is 18.2 Å². The molecule has 9 heteroatoms. The molecule has 8 nitrogen and oxygen atoms in total. The number of hydrogen-bond acceptors (Lipinski definition) is 6. The molecule has 2 aromatic rings. The van der Waals surface area contributed by atoms with E-state index < -0.39 is 17.8 Å². The van der Waals surface area contributed by atoms with Crippen LogP contribution in [0.4, 0.5) is 10.1 Å². The van der Waals surface area contributed by atoms with Gasteiger partial charge in [-0.2, -0.15) is 5.26 Å². The lowest BCUT2D eigenvalue weighted by Crippen LogP contribution is -2.52. The quantitative estimate of drug-likeness (QED) is 0.518. The third-order valence-electron chi connectivity index (χ3n) is 8.02. The van der Waals surface area contributed by atoms with Crippen LogP contribution in [0.15, 0.2) is 54.6 Å². The molecule has 1 atom stereocenters. The summed E-state index contributed by atoms with van der Waals surface area (Å²) in [6, 6.07) is 15.9. The molecule has 200 valence electrons. The highest BCUT2D eigenvalue weighted by atomic mass is 19.1. The molecule has 1 heterocycles. The van der Waals surface area contributed by atoms with Gasteiger partial charge in [0.2, 0.25) is 0 Å². The zero-order valence-electron chi connectivity index (χ0n) is 21.1. The van der Waals surface area contributed by atoms with Gasteiger partial charge in [0.05, 0.1) is 11.7 Å². The lowest BCUT2D eigenvalue weighted by atomic mass is 9.68. The molecule has 1 unspecified atom stereocenters. The van der Waals surface area contributed by atoms with Crippen LogP contribution in [0, 0.1) is 17.1 Å². The minimum atomic E-state index is -1.26. The molecule has 1 saturated heterocycles. The van der Waals surface area contributed by atoms with Crippen molar-refractivity contribution in [2.45, 2.75) is 49.7 Å². The van der Waals surface area contributed by atoms with Crippen molar-refractivity contribution >= 4 is 17.6 Å². The maximum Gasteiger partial charge on any atom is 0.328 e. The van der Waals surface area contributed by atoms with Gasteiger partial charge in [-0.05, 0) is 66.8 Å². The summed E-state index contributed by atoms with van der Waals surface area (Å²) in [6.45, 7) is 3.74. The summed E-state index contributed by atoms with van der Waals surface area (Å²) in [7, 11) is 0. The van der Waals surface area contributed by atoms with Gasteiger partial charge >= 0.3 is 11.9 Å². The van der Waals surface area contributed by atoms with Crippen LogP contribution in [-0.2, 0) is 15.0 Å². The monoisotopic (exact) mass is 521 g/mol. The predicted octanol–water partition coefficient (Wildman–Crippen LogP) is 3.85. The molecule has 0 aromatic heterocycles. The van der Waals surface area contributed by atoms with E-state index in [-0.39, 0.29) is 17.1 Å². The molecule has 0 amide bonds. The van der Waals surface area contributed by atoms with Crippen LogP contribution in [0.5, 0.6) is 0 Å². The van der Waals surface area contributed by atoms with Crippen LogP contribution in [0.25, 0.3) is 0 Å². The van der Waals surface area contributed by atoms with Gasteiger partial charge in [-0.3, -0.25) is 4.90 Å². The van der Waals surface area contributed by atoms with Crippen molar-refractivity contribution in [1.82, 2.24) is 4.90 Å². The van der Waals surface area contributed by atoms with Crippen molar-refractivity contribution in [3.8, 4) is 6.07 Å². The molecule has 2 fully saturated rings. The SMILES string of the molecule is N#Cc1ccc(N2CCN(C3CCC4(CC3)CC(O)c3ccccc34)CC2)cc1F.O=C(O)/C=C\C(=O)O. The predicted molar refractivity (Wildman–Crippen MR) is 139 cm³/mol. The second-order valence-corrected chi connectivity index (χ2v) is 10.1. The number of aliphatic carboxylic acids is 2. The summed E-state index contributed by atoms with van der Waals surface area (Å²) in [5.41, 5.74) is 3.65. The number of carbonyl (C=O) groups is 2. The Kier molecular flexibility index (Phi) is 8.45. The molecular formula is C29H32FN3O5. The van der Waals surface area contributed by atoms with Gasteiger partial charge in [-0.25, -0.2) is 14.0 Å². The molecule has 5 rings (SSSR count). The average molecular weight is 522 g/mol. The van der Waals surface area contributed by atoms with E-state index in [2.05, 4.69) is 28.0 Å². The van der Waals surface area contributed by atoms with E-state index in [1.165, 1.54) is 24.5 Å². The molecule has 3 aliphatic rings. The van der Waals surface area contributed by atoms with E-state index >= 15 is 0 Å². The molecule has 38 heavy (non-hydrogen) atoms. The Morgan fingerprint density at radius 3 is 2.21 bits per heavy atom. The first-order chi connectivity index (χ1) is 18.2. The fourth-order valence-corrected chi connectivity index (χ4v) is 6.13. The fourth-order valence-electron chi connectivity index (χ4n) is 6.13. The van der Waals surface area contributed by atoms with E-state index in [1.807, 2.05) is 18.2 Å². The van der Waals surface area contributed by atoms with Crippen molar-refractivity contribution < 1.29 is 29.3 Å². The topological polar surface area (TPSA) is 125 Å². The summed E-state index contributed by atoms with van der Waals surface area (Å²) < 4.78 is 14.0. The lowest BCUT2D eigenvalue weighted by Gasteiger charge is -2.45. The Balaban J connectivity index is 0.000000368. The molecule has 0 radical (unpaired) electrons. The number of carboxylic acids is 2. The number of rotatable bonds is 4. The molecular weight excluding hydrogens is 489 g/mol. The van der Waals surface area contributed by atoms with Crippen molar-refractivity contribution in [2.75, 3.05) is 31.1 Å². The number of piperazine rings is 1. The van der Waals surface area contributed by atoms with E-state index in [9.17, 15) is 19.1 Å². The molecule has 0 bridgehead atoms. The molecule has 1 aliphatic heterocycles. The van der Waals surface area contributed by atoms with Gasteiger partial charge in [-0.1, -0.05) is 24.3 Å². The molecule has 3 N–H and O–H groups in total. The zero-order chi connectivity index (χ0) is 27.3. The summed E-state index contributed by atoms with van der Waals surface area (Å²) in [5.74, 6) is -2.95. The van der Waals surface area contributed by atoms with Gasteiger partial charge < -0.3 is 20.2 Å². The highest BCUT2D eigenvalue weighted by molar-refractivity contribution is 5.89. The Morgan fingerprint density at radius 2 is 1.63 bits per heavy atom. The van der Waals surface area contributed by atoms with Gasteiger partial charge in [-0.15, -0.1) is 0 Å². The van der Waals surface area contributed by atoms with Gasteiger partial charge in [0.25, 0.3) is 0 Å². The first-order valence-electron chi connectivity index (χ1n) is 12.8. The number of benzene rings is 2. The molecule has 1 saturated carbocycles. The van der Waals surface area contributed by atoms with E-state index in [4.69, 9.17) is 15.5 Å². The zero-order valence-corrected chi connectivity index (χ0v) is 21.1. The highest BCUT2D eigenvalue weighted by Gasteiger charge is 2.45. The first kappa shape index (κ1) is 27.3. The van der Waals surface area contributed by atoms with E-state index in [1.54, 1.807) is 6.07 Å². The molecule has 1 spiro atoms. The van der Waals surface area contributed by atoms with Gasteiger partial charge in [0.1, 0.15) is 11.9 Å². The van der Waals surface area contributed by atoms with Crippen LogP contribution >= 0.6 is 0 Å². The third kappa shape index (κ3) is 6.04. The maximum atomic E-state index is 14.0. The smallest absolute Gasteiger partial charge is 0.328 e. The minimum Gasteiger partial charge on any atom is -0.478 e. The summed E-state index contributed by atoms with van der Waals surface area (Å²) in [4.78, 5) is 23.9. The van der Waals surface area contributed by atoms with Crippen LogP contribution in [0.3, 0.4) is 0 Å². The van der Waals surface area contributed by atoms with E-state index in [0.717, 1.165) is 56.7 Å². The standard InChI is InChI=1S/C25H28FN3O.C4H4O4/c26-23-15-20(6-5-18(23)17-27)29-13-11-28(12-14-29)19-7-9-25(10-8-19)16-24(30)21-3-1-2-4-22(21)25;5-3(6)1-2-4(7)8/h1-6,15,19,24,30H,7-14,16H2;1-2H,(H,5,6)(H,7,8)/b;2-1-. The number of aliphatic hydroxyl groups excluding tert-OH is 1. The van der Waals surface area contributed by atoms with Crippen molar-refractivity contribution in [3.05, 3.63) is 77.1 Å². The number of aliphatic hydroxyl groups is 1. The third-order valence-corrected chi connectivity index (χ3v) is 8.02. The van der Waals surface area contributed by atoms with Crippen molar-refractivity contribution in [3.63, 3.8) is 0 Å². The van der Waals surface area contributed by atoms with Gasteiger partial charge in [0.15, 0.2) is 0 Å². The van der Waals surface area contributed by atoms with Crippen molar-refractivity contribution in [1.29, 1.82) is 5.26 Å². The second kappa shape index (κ2) is 11.8. The highest BCUT2D eigenvalue weighted by Crippen LogP contribution is 2.53. The first-order valence-corrected chi connectivity index (χ1v) is 12.8. The summed E-state index contributed by atoms with van der Waals surface area (Å²) >= 11 is 0. The second-order valence-electron chi connectivity index (χ2n) is 10.1. The minimum absolute atomic E-state index is 0.104. The Hall–Kier alpha value is -3.74. The number of fused-ring (bicyclic) bond motifs is 2. The van der Waals surface area contributed by atoms with Gasteiger partial charge in [0, 0.05) is 50.1 Å².